The zero-order chi connectivity index (χ0) is 11.2. The molecule has 90 valence electrons. The van der Waals surface area contributed by atoms with Crippen LogP contribution >= 0.6 is 0 Å². The van der Waals surface area contributed by atoms with E-state index in [4.69, 9.17) is 4.74 Å². The minimum Gasteiger partial charge on any atom is -0.373 e. The molecule has 2 heterocycles. The SMILES string of the molecule is Cn1ncnc1COCCC1CCCNC1. The fourth-order valence-electron chi connectivity index (χ4n) is 2.03. The minimum absolute atomic E-state index is 0.566. The van der Waals surface area contributed by atoms with E-state index in [1.165, 1.54) is 19.4 Å². The Balaban J connectivity index is 1.59. The van der Waals surface area contributed by atoms with Crippen LogP contribution in [0.25, 0.3) is 0 Å². The lowest BCUT2D eigenvalue weighted by molar-refractivity contribution is 0.0966. The van der Waals surface area contributed by atoms with Gasteiger partial charge in [0.2, 0.25) is 0 Å². The van der Waals surface area contributed by atoms with E-state index < -0.39 is 0 Å². The van der Waals surface area contributed by atoms with Crippen LogP contribution in [0.3, 0.4) is 0 Å². The third kappa shape index (κ3) is 3.28. The maximum absolute atomic E-state index is 5.61. The third-order valence-corrected chi connectivity index (χ3v) is 3.11. The number of rotatable bonds is 5. The van der Waals surface area contributed by atoms with Crippen LogP contribution in [0.1, 0.15) is 25.1 Å². The Bertz CT molecular complexity index is 307. The molecule has 0 spiro atoms. The Morgan fingerprint density at radius 2 is 2.56 bits per heavy atom. The van der Waals surface area contributed by atoms with Crippen molar-refractivity contribution in [1.82, 2.24) is 20.1 Å². The van der Waals surface area contributed by atoms with Gasteiger partial charge in [0.15, 0.2) is 5.82 Å². The monoisotopic (exact) mass is 224 g/mol. The summed E-state index contributed by atoms with van der Waals surface area (Å²) >= 11 is 0. The molecule has 2 rings (SSSR count). The van der Waals surface area contributed by atoms with E-state index in [0.29, 0.717) is 6.61 Å². The molecule has 1 unspecified atom stereocenters. The topological polar surface area (TPSA) is 52.0 Å². The number of hydrogen-bond acceptors (Lipinski definition) is 4. The van der Waals surface area contributed by atoms with Crippen molar-refractivity contribution in [3.8, 4) is 0 Å². The zero-order valence-corrected chi connectivity index (χ0v) is 9.85. The van der Waals surface area contributed by atoms with Crippen molar-refractivity contribution >= 4 is 0 Å². The molecule has 1 atom stereocenters. The molecule has 5 nitrogen and oxygen atoms in total. The highest BCUT2D eigenvalue weighted by Gasteiger charge is 2.12. The molecule has 1 fully saturated rings. The molecule has 16 heavy (non-hydrogen) atoms. The van der Waals surface area contributed by atoms with Gasteiger partial charge in [-0.15, -0.1) is 0 Å². The smallest absolute Gasteiger partial charge is 0.152 e. The molecular weight excluding hydrogens is 204 g/mol. The van der Waals surface area contributed by atoms with E-state index >= 15 is 0 Å². The molecule has 1 aliphatic rings. The summed E-state index contributed by atoms with van der Waals surface area (Å²) in [6.07, 6.45) is 5.34. The van der Waals surface area contributed by atoms with E-state index in [0.717, 1.165) is 31.3 Å². The molecular formula is C11H20N4O. The van der Waals surface area contributed by atoms with Crippen LogP contribution in [-0.2, 0) is 18.4 Å². The predicted octanol–water partition coefficient (Wildman–Crippen LogP) is 0.721. The van der Waals surface area contributed by atoms with Crippen LogP contribution in [0.4, 0.5) is 0 Å². The average Bonchev–Trinajstić information content (AvgIpc) is 2.72. The van der Waals surface area contributed by atoms with Crippen molar-refractivity contribution in [2.75, 3.05) is 19.7 Å². The summed E-state index contributed by atoms with van der Waals surface area (Å²) in [6.45, 7) is 3.71. The molecule has 0 amide bonds. The maximum Gasteiger partial charge on any atom is 0.152 e. The van der Waals surface area contributed by atoms with Crippen LogP contribution in [0.5, 0.6) is 0 Å². The molecule has 5 heteroatoms. The van der Waals surface area contributed by atoms with Crippen molar-refractivity contribution in [2.45, 2.75) is 25.9 Å². The van der Waals surface area contributed by atoms with Gasteiger partial charge in [0.25, 0.3) is 0 Å². The standard InChI is InChI=1S/C11H20N4O/c1-15-11(13-9-14-15)8-16-6-4-10-3-2-5-12-7-10/h9-10,12H,2-8H2,1H3. The Kier molecular flexibility index (Phi) is 4.30. The number of ether oxygens (including phenoxy) is 1. The summed E-state index contributed by atoms with van der Waals surface area (Å²) in [5, 5.41) is 7.42. The summed E-state index contributed by atoms with van der Waals surface area (Å²) in [5.41, 5.74) is 0. The molecule has 1 aromatic heterocycles. The lowest BCUT2D eigenvalue weighted by atomic mass is 9.97. The first kappa shape index (κ1) is 11.5. The van der Waals surface area contributed by atoms with E-state index in [2.05, 4.69) is 15.4 Å². The summed E-state index contributed by atoms with van der Waals surface area (Å²) in [5.74, 6) is 1.68. The molecule has 0 radical (unpaired) electrons. The van der Waals surface area contributed by atoms with E-state index in [1.54, 1.807) is 11.0 Å². The van der Waals surface area contributed by atoms with Crippen molar-refractivity contribution in [1.29, 1.82) is 0 Å². The van der Waals surface area contributed by atoms with Crippen molar-refractivity contribution < 1.29 is 4.74 Å². The average molecular weight is 224 g/mol. The molecule has 1 aromatic rings. The molecule has 0 aliphatic carbocycles. The number of aromatic nitrogens is 3. The first-order valence-electron chi connectivity index (χ1n) is 5.97. The number of aryl methyl sites for hydroxylation is 1. The Morgan fingerprint density at radius 1 is 1.62 bits per heavy atom. The second-order valence-electron chi connectivity index (χ2n) is 4.35. The van der Waals surface area contributed by atoms with Gasteiger partial charge in [0, 0.05) is 13.7 Å². The van der Waals surface area contributed by atoms with Crippen LogP contribution in [-0.4, -0.2) is 34.5 Å². The van der Waals surface area contributed by atoms with Gasteiger partial charge in [0.05, 0.1) is 0 Å². The van der Waals surface area contributed by atoms with Crippen LogP contribution in [0, 0.1) is 5.92 Å². The molecule has 1 N–H and O–H groups in total. The molecule has 0 bridgehead atoms. The molecule has 0 saturated carbocycles. The summed E-state index contributed by atoms with van der Waals surface area (Å²) in [4.78, 5) is 4.11. The maximum atomic E-state index is 5.61. The van der Waals surface area contributed by atoms with Crippen molar-refractivity contribution in [2.24, 2.45) is 13.0 Å². The highest BCUT2D eigenvalue weighted by Crippen LogP contribution is 2.13. The second-order valence-corrected chi connectivity index (χ2v) is 4.35. The predicted molar refractivity (Wildman–Crippen MR) is 60.9 cm³/mol. The fourth-order valence-corrected chi connectivity index (χ4v) is 2.03. The summed E-state index contributed by atoms with van der Waals surface area (Å²) in [6, 6.07) is 0. The first-order valence-corrected chi connectivity index (χ1v) is 5.97. The van der Waals surface area contributed by atoms with Gasteiger partial charge < -0.3 is 10.1 Å². The van der Waals surface area contributed by atoms with Gasteiger partial charge in [-0.1, -0.05) is 0 Å². The Hall–Kier alpha value is -0.940. The van der Waals surface area contributed by atoms with Crippen LogP contribution in [0.2, 0.25) is 0 Å². The van der Waals surface area contributed by atoms with Gasteiger partial charge >= 0.3 is 0 Å². The minimum atomic E-state index is 0.566. The quantitative estimate of drug-likeness (QED) is 0.749. The third-order valence-electron chi connectivity index (χ3n) is 3.11. The molecule has 1 aliphatic heterocycles. The van der Waals surface area contributed by atoms with Gasteiger partial charge in [-0.2, -0.15) is 5.10 Å². The first-order chi connectivity index (χ1) is 7.86. The van der Waals surface area contributed by atoms with E-state index in [9.17, 15) is 0 Å². The largest absolute Gasteiger partial charge is 0.373 e. The Morgan fingerprint density at radius 3 is 3.25 bits per heavy atom. The number of hydrogen-bond donors (Lipinski definition) is 1. The summed E-state index contributed by atoms with van der Waals surface area (Å²) < 4.78 is 7.36. The van der Waals surface area contributed by atoms with Gasteiger partial charge in [-0.25, -0.2) is 4.98 Å². The summed E-state index contributed by atoms with van der Waals surface area (Å²) in [7, 11) is 1.89. The molecule has 1 saturated heterocycles. The Labute approximate surface area is 96.2 Å². The van der Waals surface area contributed by atoms with Gasteiger partial charge in [-0.3, -0.25) is 4.68 Å². The fraction of sp³-hybridized carbons (Fsp3) is 0.818. The van der Waals surface area contributed by atoms with Crippen molar-refractivity contribution in [3.05, 3.63) is 12.2 Å². The zero-order valence-electron chi connectivity index (χ0n) is 9.85. The normalized spacial score (nSPS) is 21.2. The number of piperidine rings is 1. The van der Waals surface area contributed by atoms with E-state index in [1.807, 2.05) is 7.05 Å². The second kappa shape index (κ2) is 5.96. The lowest BCUT2D eigenvalue weighted by Crippen LogP contribution is -2.30. The number of nitrogens with one attached hydrogen (secondary N) is 1. The van der Waals surface area contributed by atoms with E-state index in [-0.39, 0.29) is 0 Å². The highest BCUT2D eigenvalue weighted by atomic mass is 16.5. The lowest BCUT2D eigenvalue weighted by Gasteiger charge is -2.22. The van der Waals surface area contributed by atoms with Crippen LogP contribution < -0.4 is 5.32 Å². The van der Waals surface area contributed by atoms with Crippen LogP contribution in [0.15, 0.2) is 6.33 Å². The van der Waals surface area contributed by atoms with Gasteiger partial charge in [-0.05, 0) is 38.3 Å². The number of nitrogens with zero attached hydrogens (tertiary/aromatic N) is 3. The molecule has 0 aromatic carbocycles. The van der Waals surface area contributed by atoms with Gasteiger partial charge in [0.1, 0.15) is 12.9 Å². The highest BCUT2D eigenvalue weighted by molar-refractivity contribution is 4.79. The van der Waals surface area contributed by atoms with Crippen molar-refractivity contribution in [3.63, 3.8) is 0 Å².